The topological polar surface area (TPSA) is 105 Å². The summed E-state index contributed by atoms with van der Waals surface area (Å²) in [6.07, 6.45) is 2.77. The summed E-state index contributed by atoms with van der Waals surface area (Å²) in [7, 11) is 0. The Bertz CT molecular complexity index is 1050. The average molecular weight is 363 g/mol. The minimum atomic E-state index is -0.675. The van der Waals surface area contributed by atoms with Crippen LogP contribution in [0.25, 0.3) is 5.65 Å². The molecular weight excluding hydrogens is 346 g/mol. The fourth-order valence-corrected chi connectivity index (χ4v) is 3.76. The summed E-state index contributed by atoms with van der Waals surface area (Å²) in [5.74, 6) is -0.115. The fraction of sp³-hybridized carbons (Fsp3) is 0.278. The van der Waals surface area contributed by atoms with E-state index in [1.807, 2.05) is 24.3 Å². The summed E-state index contributed by atoms with van der Waals surface area (Å²) in [5.41, 5.74) is 2.11. The van der Waals surface area contributed by atoms with Crippen LogP contribution in [0.4, 0.5) is 11.4 Å². The van der Waals surface area contributed by atoms with Crippen LogP contribution in [0.5, 0.6) is 0 Å². The number of piperidine rings is 1. The predicted molar refractivity (Wildman–Crippen MR) is 97.3 cm³/mol. The minimum absolute atomic E-state index is 0.0377. The van der Waals surface area contributed by atoms with Gasteiger partial charge in [0, 0.05) is 24.8 Å². The van der Waals surface area contributed by atoms with Crippen molar-refractivity contribution in [2.45, 2.75) is 18.4 Å². The Morgan fingerprint density at radius 1 is 1.11 bits per heavy atom. The third-order valence-corrected chi connectivity index (χ3v) is 5.33. The lowest BCUT2D eigenvalue weighted by molar-refractivity contribution is -0.122. The number of hydrogen-bond donors (Lipinski definition) is 2. The predicted octanol–water partition coefficient (Wildman–Crippen LogP) is 1.16. The highest BCUT2D eigenvalue weighted by Crippen LogP contribution is 2.36. The monoisotopic (exact) mass is 363 g/mol. The minimum Gasteiger partial charge on any atom is -0.369 e. The van der Waals surface area contributed by atoms with Crippen LogP contribution in [0.3, 0.4) is 0 Å². The number of fused-ring (bicyclic) bond motifs is 2. The molecule has 9 nitrogen and oxygen atoms in total. The van der Waals surface area contributed by atoms with Gasteiger partial charge >= 0.3 is 0 Å². The van der Waals surface area contributed by atoms with Gasteiger partial charge in [0.05, 0.1) is 11.4 Å². The second kappa shape index (κ2) is 5.76. The molecule has 0 radical (unpaired) electrons. The van der Waals surface area contributed by atoms with E-state index in [1.54, 1.807) is 23.2 Å². The van der Waals surface area contributed by atoms with Crippen LogP contribution >= 0.6 is 0 Å². The highest BCUT2D eigenvalue weighted by molar-refractivity contribution is 6.06. The Balaban J connectivity index is 1.34. The van der Waals surface area contributed by atoms with Gasteiger partial charge in [-0.05, 0) is 47.5 Å². The van der Waals surface area contributed by atoms with E-state index in [4.69, 9.17) is 0 Å². The molecule has 0 saturated carbocycles. The van der Waals surface area contributed by atoms with Crippen LogP contribution < -0.4 is 10.6 Å². The summed E-state index contributed by atoms with van der Waals surface area (Å²) in [5, 5.41) is 17.6. The summed E-state index contributed by atoms with van der Waals surface area (Å²) < 4.78 is 1.51. The second-order valence-corrected chi connectivity index (χ2v) is 6.90. The molecule has 4 heterocycles. The lowest BCUT2D eigenvalue weighted by atomic mass is 9.84. The van der Waals surface area contributed by atoms with Gasteiger partial charge in [0.2, 0.25) is 5.91 Å². The van der Waals surface area contributed by atoms with E-state index in [9.17, 15) is 9.59 Å². The maximum absolute atomic E-state index is 12.8. The van der Waals surface area contributed by atoms with Crippen molar-refractivity contribution in [3.05, 3.63) is 48.2 Å². The van der Waals surface area contributed by atoms with Gasteiger partial charge in [-0.3, -0.25) is 9.59 Å². The number of rotatable bonds is 1. The van der Waals surface area contributed by atoms with E-state index < -0.39 is 5.54 Å². The molecule has 1 spiro atoms. The van der Waals surface area contributed by atoms with Crippen LogP contribution in [-0.4, -0.2) is 55.4 Å². The number of anilines is 2. The SMILES string of the molecule is O=C(c1ccn2nnnc2c1)N1CCC2(CC1)Nc1ccccc1NC2=O. The van der Waals surface area contributed by atoms with Crippen LogP contribution in [0, 0.1) is 0 Å². The number of amides is 2. The molecule has 1 fully saturated rings. The number of hydrogen-bond acceptors (Lipinski definition) is 6. The Hall–Kier alpha value is -3.49. The van der Waals surface area contributed by atoms with Crippen LogP contribution in [-0.2, 0) is 4.79 Å². The zero-order chi connectivity index (χ0) is 18.4. The molecule has 5 rings (SSSR count). The molecule has 3 aromatic rings. The highest BCUT2D eigenvalue weighted by Gasteiger charge is 2.45. The third kappa shape index (κ3) is 2.50. The number of likely N-dealkylation sites (tertiary alicyclic amines) is 1. The van der Waals surface area contributed by atoms with Crippen molar-refractivity contribution in [2.75, 3.05) is 23.7 Å². The molecule has 2 aliphatic rings. The molecule has 1 aromatic carbocycles. The summed E-state index contributed by atoms with van der Waals surface area (Å²) in [4.78, 5) is 27.3. The molecule has 2 amide bonds. The average Bonchev–Trinajstić information content (AvgIpc) is 3.17. The van der Waals surface area contributed by atoms with E-state index >= 15 is 0 Å². The summed E-state index contributed by atoms with van der Waals surface area (Å²) >= 11 is 0. The van der Waals surface area contributed by atoms with Gasteiger partial charge in [0.1, 0.15) is 5.54 Å². The van der Waals surface area contributed by atoms with E-state index in [2.05, 4.69) is 26.2 Å². The van der Waals surface area contributed by atoms with Crippen LogP contribution in [0.1, 0.15) is 23.2 Å². The molecular formula is C18H17N7O2. The maximum atomic E-state index is 12.8. The highest BCUT2D eigenvalue weighted by atomic mass is 16.2. The van der Waals surface area contributed by atoms with Crippen molar-refractivity contribution in [1.29, 1.82) is 0 Å². The van der Waals surface area contributed by atoms with Crippen molar-refractivity contribution in [2.24, 2.45) is 0 Å². The molecule has 0 atom stereocenters. The Labute approximate surface area is 154 Å². The lowest BCUT2D eigenvalue weighted by Crippen LogP contribution is -2.59. The van der Waals surface area contributed by atoms with Crippen LogP contribution in [0.15, 0.2) is 42.6 Å². The van der Waals surface area contributed by atoms with Gasteiger partial charge in [-0.15, -0.1) is 5.10 Å². The number of nitrogens with zero attached hydrogens (tertiary/aromatic N) is 5. The zero-order valence-corrected chi connectivity index (χ0v) is 14.4. The van der Waals surface area contributed by atoms with E-state index in [-0.39, 0.29) is 11.8 Å². The van der Waals surface area contributed by atoms with Gasteiger partial charge in [-0.1, -0.05) is 12.1 Å². The van der Waals surface area contributed by atoms with Gasteiger partial charge in [-0.2, -0.15) is 0 Å². The van der Waals surface area contributed by atoms with E-state index in [1.165, 1.54) is 4.52 Å². The van der Waals surface area contributed by atoms with Crippen molar-refractivity contribution in [3.63, 3.8) is 0 Å². The maximum Gasteiger partial charge on any atom is 0.254 e. The smallest absolute Gasteiger partial charge is 0.254 e. The van der Waals surface area contributed by atoms with Crippen molar-refractivity contribution >= 4 is 28.8 Å². The summed E-state index contributed by atoms with van der Waals surface area (Å²) in [6, 6.07) is 11.0. The summed E-state index contributed by atoms with van der Waals surface area (Å²) in [6.45, 7) is 0.995. The molecule has 136 valence electrons. The number of carbonyl (C=O) groups excluding carboxylic acids is 2. The number of benzene rings is 1. The number of nitrogens with one attached hydrogen (secondary N) is 2. The first kappa shape index (κ1) is 15.7. The third-order valence-electron chi connectivity index (χ3n) is 5.33. The second-order valence-electron chi connectivity index (χ2n) is 6.90. The van der Waals surface area contributed by atoms with Crippen LogP contribution in [0.2, 0.25) is 0 Å². The first-order valence-electron chi connectivity index (χ1n) is 8.80. The largest absolute Gasteiger partial charge is 0.369 e. The normalized spacial score (nSPS) is 18.1. The van der Waals surface area contributed by atoms with Gasteiger partial charge in [0.25, 0.3) is 5.91 Å². The van der Waals surface area contributed by atoms with E-state index in [0.717, 1.165) is 11.4 Å². The fourth-order valence-electron chi connectivity index (χ4n) is 3.76. The Morgan fingerprint density at radius 3 is 2.70 bits per heavy atom. The van der Waals surface area contributed by atoms with Crippen molar-refractivity contribution in [1.82, 2.24) is 24.9 Å². The number of pyridine rings is 1. The Morgan fingerprint density at radius 2 is 1.89 bits per heavy atom. The van der Waals surface area contributed by atoms with Crippen molar-refractivity contribution < 1.29 is 9.59 Å². The molecule has 0 bridgehead atoms. The van der Waals surface area contributed by atoms with E-state index in [0.29, 0.717) is 37.1 Å². The molecule has 1 saturated heterocycles. The van der Waals surface area contributed by atoms with Gasteiger partial charge < -0.3 is 15.5 Å². The molecule has 2 aliphatic heterocycles. The zero-order valence-electron chi connectivity index (χ0n) is 14.4. The number of para-hydroxylation sites is 2. The van der Waals surface area contributed by atoms with Gasteiger partial charge in [0.15, 0.2) is 5.65 Å². The number of carbonyl (C=O) groups is 2. The van der Waals surface area contributed by atoms with Gasteiger partial charge in [-0.25, -0.2) is 4.52 Å². The molecule has 27 heavy (non-hydrogen) atoms. The lowest BCUT2D eigenvalue weighted by Gasteiger charge is -2.44. The first-order valence-corrected chi connectivity index (χ1v) is 8.80. The number of aromatic nitrogens is 4. The molecule has 0 aliphatic carbocycles. The molecule has 0 unspecified atom stereocenters. The molecule has 2 aromatic heterocycles. The molecule has 2 N–H and O–H groups in total. The molecule has 9 heteroatoms. The quantitative estimate of drug-likeness (QED) is 0.672. The van der Waals surface area contributed by atoms with Crippen molar-refractivity contribution in [3.8, 4) is 0 Å². The Kier molecular flexibility index (Phi) is 3.36. The standard InChI is InChI=1S/C18H17N7O2/c26-16(12-5-8-25-15(11-12)21-22-23-25)24-9-6-18(7-10-24)17(27)19-13-3-1-2-4-14(13)20-18/h1-5,8,11,20H,6-7,9-10H2,(H,19,27). The first-order chi connectivity index (χ1) is 13.1. The number of tetrazole rings is 1.